The van der Waals surface area contributed by atoms with Gasteiger partial charge in [0.25, 0.3) is 0 Å². The van der Waals surface area contributed by atoms with Crippen LogP contribution in [-0.4, -0.2) is 17.5 Å². The Morgan fingerprint density at radius 2 is 2.28 bits per heavy atom. The summed E-state index contributed by atoms with van der Waals surface area (Å²) in [6.07, 6.45) is 7.63. The Labute approximate surface area is 109 Å². The van der Waals surface area contributed by atoms with Gasteiger partial charge >= 0.3 is 0 Å². The van der Waals surface area contributed by atoms with Crippen LogP contribution in [0, 0.1) is 11.8 Å². The number of ether oxygens (including phenoxy) is 1. The number of carbonyl (C=O) groups is 1. The van der Waals surface area contributed by atoms with Gasteiger partial charge in [-0.2, -0.15) is 0 Å². The van der Waals surface area contributed by atoms with Crippen molar-refractivity contribution in [1.29, 1.82) is 0 Å². The zero-order chi connectivity index (χ0) is 12.9. The Bertz CT molecular complexity index is 434. The fourth-order valence-corrected chi connectivity index (χ4v) is 3.75. The molecule has 0 aromatic rings. The Morgan fingerprint density at radius 3 is 3.06 bits per heavy atom. The molecule has 2 aliphatic carbocycles. The molecule has 18 heavy (non-hydrogen) atoms. The number of epoxide rings is 1. The number of rotatable bonds is 0. The summed E-state index contributed by atoms with van der Waals surface area (Å²) in [6, 6.07) is 0. The summed E-state index contributed by atoms with van der Waals surface area (Å²) in [7, 11) is 0. The number of hydrogen-bond acceptors (Lipinski definition) is 2. The molecule has 1 aliphatic heterocycles. The van der Waals surface area contributed by atoms with Crippen molar-refractivity contribution in [2.24, 2.45) is 11.8 Å². The quantitative estimate of drug-likeness (QED) is 0.372. The van der Waals surface area contributed by atoms with Crippen LogP contribution in [0.1, 0.15) is 46.0 Å². The molecule has 3 rings (SSSR count). The van der Waals surface area contributed by atoms with Crippen molar-refractivity contribution < 1.29 is 9.53 Å². The van der Waals surface area contributed by atoms with Crippen molar-refractivity contribution >= 4 is 5.78 Å². The van der Waals surface area contributed by atoms with Gasteiger partial charge in [0.1, 0.15) is 0 Å². The van der Waals surface area contributed by atoms with Crippen LogP contribution in [-0.2, 0) is 9.53 Å². The molecule has 0 radical (unpaired) electrons. The summed E-state index contributed by atoms with van der Waals surface area (Å²) in [5.41, 5.74) is 2.32. The lowest BCUT2D eigenvalue weighted by Crippen LogP contribution is -2.22. The molecule has 3 aliphatic rings. The van der Waals surface area contributed by atoms with Gasteiger partial charge in [0, 0.05) is 12.3 Å². The van der Waals surface area contributed by atoms with Crippen molar-refractivity contribution in [2.75, 3.05) is 0 Å². The number of hydrogen-bond donors (Lipinski definition) is 0. The number of carbonyl (C=O) groups excluding carboxylic acids is 1. The Morgan fingerprint density at radius 1 is 1.50 bits per heavy atom. The van der Waals surface area contributed by atoms with Gasteiger partial charge in [0.2, 0.25) is 0 Å². The highest BCUT2D eigenvalue weighted by Crippen LogP contribution is 2.53. The van der Waals surface area contributed by atoms with Gasteiger partial charge in [-0.05, 0) is 51.0 Å². The molecule has 0 N–H and O–H groups in total. The number of Topliss-reactive ketones (excluding diaryl/α,β-unsaturated/α-hetero) is 1. The molecule has 2 heteroatoms. The SMILES string of the molecule is C=C1C(=O)C[C@H]2[C@@H]1CC/C(C)=C\CC[C@@]1(C)O[C@@H]21. The largest absolute Gasteiger partial charge is 0.366 e. The van der Waals surface area contributed by atoms with Crippen LogP contribution in [0.15, 0.2) is 23.8 Å². The first-order valence-corrected chi connectivity index (χ1v) is 7.07. The van der Waals surface area contributed by atoms with E-state index >= 15 is 0 Å². The minimum atomic E-state index is 0.0158. The minimum absolute atomic E-state index is 0.0158. The lowest BCUT2D eigenvalue weighted by Gasteiger charge is -2.20. The highest BCUT2D eigenvalue weighted by atomic mass is 16.6. The predicted molar refractivity (Wildman–Crippen MR) is 71.2 cm³/mol. The Balaban J connectivity index is 1.87. The van der Waals surface area contributed by atoms with Gasteiger partial charge in [-0.3, -0.25) is 4.79 Å². The van der Waals surface area contributed by atoms with Gasteiger partial charge < -0.3 is 4.74 Å². The first-order valence-electron chi connectivity index (χ1n) is 7.07. The summed E-state index contributed by atoms with van der Waals surface area (Å²) in [5, 5.41) is 0. The third kappa shape index (κ3) is 1.87. The van der Waals surface area contributed by atoms with Gasteiger partial charge in [-0.25, -0.2) is 0 Å². The van der Waals surface area contributed by atoms with Crippen molar-refractivity contribution in [3.8, 4) is 0 Å². The van der Waals surface area contributed by atoms with Crippen LogP contribution in [0.25, 0.3) is 0 Å². The molecule has 0 unspecified atom stereocenters. The molecule has 4 atom stereocenters. The third-order valence-electron chi connectivity index (χ3n) is 5.06. The van der Waals surface area contributed by atoms with Crippen molar-refractivity contribution in [3.05, 3.63) is 23.8 Å². The van der Waals surface area contributed by atoms with Crippen LogP contribution in [0.2, 0.25) is 0 Å². The summed E-state index contributed by atoms with van der Waals surface area (Å²) in [6.45, 7) is 8.42. The van der Waals surface area contributed by atoms with Crippen LogP contribution in [0.4, 0.5) is 0 Å². The highest BCUT2D eigenvalue weighted by Gasteiger charge is 2.59. The maximum Gasteiger partial charge on any atom is 0.158 e. The normalized spacial score (nSPS) is 47.0. The number of allylic oxidation sites excluding steroid dienone is 3. The van der Waals surface area contributed by atoms with E-state index in [1.165, 1.54) is 5.57 Å². The topological polar surface area (TPSA) is 29.6 Å². The number of ketones is 1. The second kappa shape index (κ2) is 4.06. The minimum Gasteiger partial charge on any atom is -0.366 e. The summed E-state index contributed by atoms with van der Waals surface area (Å²) in [5.74, 6) is 1.01. The average Bonchev–Trinajstić information content (AvgIpc) is 2.90. The van der Waals surface area contributed by atoms with Crippen LogP contribution in [0.5, 0.6) is 0 Å². The number of fused-ring (bicyclic) bond motifs is 3. The van der Waals surface area contributed by atoms with E-state index in [4.69, 9.17) is 4.74 Å². The van der Waals surface area contributed by atoms with E-state index in [0.717, 1.165) is 31.3 Å². The molecule has 98 valence electrons. The van der Waals surface area contributed by atoms with E-state index < -0.39 is 0 Å². The molecule has 0 aromatic carbocycles. The summed E-state index contributed by atoms with van der Waals surface area (Å²) >= 11 is 0. The lowest BCUT2D eigenvalue weighted by atomic mass is 9.81. The standard InChI is InChI=1S/C16H22O2/c1-10-5-4-8-16(3)15(18-16)13-9-14(17)11(2)12(13)7-6-10/h5,12-13,15H,2,4,6-9H2,1,3H3/b10-5-/t12-,13+,15+,16-/m1/s1. The monoisotopic (exact) mass is 246 g/mol. The molecular formula is C16H22O2. The smallest absolute Gasteiger partial charge is 0.158 e. The fourth-order valence-electron chi connectivity index (χ4n) is 3.75. The maximum absolute atomic E-state index is 11.9. The van der Waals surface area contributed by atoms with E-state index in [0.29, 0.717) is 18.3 Å². The van der Waals surface area contributed by atoms with E-state index in [9.17, 15) is 4.79 Å². The molecule has 0 amide bonds. The molecule has 1 saturated heterocycles. The molecule has 0 aromatic heterocycles. The second-order valence-corrected chi connectivity index (χ2v) is 6.40. The van der Waals surface area contributed by atoms with Gasteiger partial charge in [0.05, 0.1) is 11.7 Å². The van der Waals surface area contributed by atoms with Gasteiger partial charge in [-0.15, -0.1) is 0 Å². The molecule has 1 heterocycles. The van der Waals surface area contributed by atoms with Crippen LogP contribution < -0.4 is 0 Å². The van der Waals surface area contributed by atoms with E-state index in [-0.39, 0.29) is 17.5 Å². The fraction of sp³-hybridized carbons (Fsp3) is 0.688. The third-order valence-corrected chi connectivity index (χ3v) is 5.06. The Hall–Kier alpha value is -0.890. The average molecular weight is 246 g/mol. The summed E-state index contributed by atoms with van der Waals surface area (Å²) in [4.78, 5) is 11.9. The second-order valence-electron chi connectivity index (χ2n) is 6.40. The molecule has 2 fully saturated rings. The summed E-state index contributed by atoms with van der Waals surface area (Å²) < 4.78 is 5.96. The molecule has 2 nitrogen and oxygen atoms in total. The van der Waals surface area contributed by atoms with Gasteiger partial charge in [0.15, 0.2) is 5.78 Å². The first kappa shape index (κ1) is 12.2. The van der Waals surface area contributed by atoms with Crippen molar-refractivity contribution in [3.63, 3.8) is 0 Å². The molecule has 0 bridgehead atoms. The predicted octanol–water partition coefficient (Wildman–Crippen LogP) is 3.43. The van der Waals surface area contributed by atoms with E-state index in [1.807, 2.05) is 0 Å². The first-order chi connectivity index (χ1) is 8.51. The van der Waals surface area contributed by atoms with E-state index in [2.05, 4.69) is 26.5 Å². The van der Waals surface area contributed by atoms with E-state index in [1.54, 1.807) is 0 Å². The molecule has 0 spiro atoms. The highest BCUT2D eigenvalue weighted by molar-refractivity contribution is 5.98. The van der Waals surface area contributed by atoms with Crippen molar-refractivity contribution in [1.82, 2.24) is 0 Å². The maximum atomic E-state index is 11.9. The molecule has 1 saturated carbocycles. The van der Waals surface area contributed by atoms with Gasteiger partial charge in [-0.1, -0.05) is 18.2 Å². The van der Waals surface area contributed by atoms with Crippen LogP contribution >= 0.6 is 0 Å². The van der Waals surface area contributed by atoms with Crippen LogP contribution in [0.3, 0.4) is 0 Å². The van der Waals surface area contributed by atoms with Crippen molar-refractivity contribution in [2.45, 2.75) is 57.7 Å². The lowest BCUT2D eigenvalue weighted by molar-refractivity contribution is -0.114. The zero-order valence-corrected chi connectivity index (χ0v) is 11.4. The zero-order valence-electron chi connectivity index (χ0n) is 11.4. The molecular weight excluding hydrogens is 224 g/mol. The Kier molecular flexibility index (Phi) is 2.74.